The third-order valence-corrected chi connectivity index (χ3v) is 14.9. The molecule has 78 heavy (non-hydrogen) atoms. The van der Waals surface area contributed by atoms with Crippen molar-refractivity contribution in [2.75, 3.05) is 27.5 Å². The van der Waals surface area contributed by atoms with Crippen molar-refractivity contribution < 1.29 is 42.7 Å². The number of fused-ring (bicyclic) bond motifs is 4. The Bertz CT molecular complexity index is 3020. The molecule has 0 saturated carbocycles. The zero-order valence-corrected chi connectivity index (χ0v) is 46.3. The van der Waals surface area contributed by atoms with E-state index in [1.165, 1.54) is 41.9 Å². The van der Waals surface area contributed by atoms with Crippen LogP contribution in [0.4, 0.5) is 4.39 Å². The number of carbonyl (C=O) groups excluding carboxylic acids is 7. The molecule has 7 amide bonds. The molecule has 2 aliphatic heterocycles. The first-order valence-electron chi connectivity index (χ1n) is 26.9. The third kappa shape index (κ3) is 13.5. The van der Waals surface area contributed by atoms with Crippen molar-refractivity contribution in [2.45, 2.75) is 141 Å². The Morgan fingerprint density at radius 1 is 0.731 bits per heavy atom. The van der Waals surface area contributed by atoms with E-state index in [0.29, 0.717) is 29.3 Å². The molecule has 3 aromatic carbocycles. The first-order valence-corrected chi connectivity index (χ1v) is 26.9. The SMILES string of the molecule is C=CC(C)(C)n1cc(C[C@@H]2NC(=O)[C@H](Cc3ccccc3)NC(=O)[C@H](CC(C)C)N3CCC[C@@H](C3=O)N(C)C(=O)[C@H](C)NC(=O)[C@H](Cc3ccc4nc(OCF)ncc4c3)NC(=O)[C@H](CC(C)C)N(C)C2=O)c2ccccc21. The van der Waals surface area contributed by atoms with Gasteiger partial charge in [0.05, 0.1) is 11.1 Å². The number of benzene rings is 3. The summed E-state index contributed by atoms with van der Waals surface area (Å²) >= 11 is 0. The lowest BCUT2D eigenvalue weighted by atomic mass is 9.95. The van der Waals surface area contributed by atoms with Crippen molar-refractivity contribution >= 4 is 63.2 Å². The van der Waals surface area contributed by atoms with Crippen molar-refractivity contribution in [1.29, 1.82) is 0 Å². The molecular formula is C59H75FN10O8. The first-order chi connectivity index (χ1) is 37.1. The predicted octanol–water partition coefficient (Wildman–Crippen LogP) is 5.55. The minimum absolute atomic E-state index is 0.0295. The predicted molar refractivity (Wildman–Crippen MR) is 295 cm³/mol. The van der Waals surface area contributed by atoms with Gasteiger partial charge in [-0.3, -0.25) is 33.6 Å². The molecule has 4 heterocycles. The van der Waals surface area contributed by atoms with Crippen molar-refractivity contribution in [3.63, 3.8) is 0 Å². The van der Waals surface area contributed by atoms with Crippen molar-refractivity contribution in [2.24, 2.45) is 11.8 Å². The molecule has 2 aliphatic rings. The van der Waals surface area contributed by atoms with Gasteiger partial charge in [-0.05, 0) is 93.2 Å². The number of nitrogens with zero attached hydrogens (tertiary/aromatic N) is 6. The summed E-state index contributed by atoms with van der Waals surface area (Å²) in [6, 6.07) is 13.5. The highest BCUT2D eigenvalue weighted by Gasteiger charge is 2.43. The lowest BCUT2D eigenvalue weighted by Crippen LogP contribution is -2.62. The standard InChI is InChI=1S/C59H75FN10O8/c1-11-59(7,8)70-33-41(42-20-15-16-21-47(42)70)31-46-56(76)68(10)49(26-35(2)3)53(73)63-45(30-39-23-24-43-40(28-39)32-61-58(66-43)78-34-60)51(71)62-37(6)55(75)67(9)48-22-17-25-69(57(48)77)50(27-36(4)5)54(74)64-44(52(72)65-46)29-38-18-13-12-14-19-38/h11-16,18-21,23-24,28,32-33,35-37,44-46,48-50H,1,17,22,25-27,29-31,34H2,2-10H3,(H,62,71)(H,63,73)(H,64,74)(H,65,72)/t37-,44-,45-,46-,48-,49-,50-/m0/s1. The van der Waals surface area contributed by atoms with Crippen LogP contribution in [0.5, 0.6) is 6.01 Å². The summed E-state index contributed by atoms with van der Waals surface area (Å²) < 4.78 is 19.9. The van der Waals surface area contributed by atoms with Crippen LogP contribution in [0.15, 0.2) is 97.8 Å². The molecule has 7 atom stereocenters. The van der Waals surface area contributed by atoms with Gasteiger partial charge in [-0.2, -0.15) is 4.98 Å². The normalized spacial score (nSPS) is 22.8. The number of allylic oxidation sites excluding steroid dienone is 1. The maximum Gasteiger partial charge on any atom is 0.319 e. The third-order valence-electron chi connectivity index (χ3n) is 14.9. The summed E-state index contributed by atoms with van der Waals surface area (Å²) in [5.74, 6) is -4.52. The number of nitrogens with one attached hydrogen (secondary N) is 4. The van der Waals surface area contributed by atoms with Gasteiger partial charge in [-0.1, -0.05) is 88.4 Å². The zero-order valence-electron chi connectivity index (χ0n) is 46.3. The van der Waals surface area contributed by atoms with Gasteiger partial charge >= 0.3 is 6.01 Å². The Morgan fingerprint density at radius 3 is 2.01 bits per heavy atom. The van der Waals surface area contributed by atoms with E-state index >= 15 is 14.4 Å². The van der Waals surface area contributed by atoms with Crippen LogP contribution in [0.2, 0.25) is 0 Å². The summed E-state index contributed by atoms with van der Waals surface area (Å²) in [6.45, 7) is 16.4. The Morgan fingerprint density at radius 2 is 1.35 bits per heavy atom. The molecule has 416 valence electrons. The summed E-state index contributed by atoms with van der Waals surface area (Å²) in [6.07, 6.45) is 6.24. The monoisotopic (exact) mass is 1070 g/mol. The van der Waals surface area contributed by atoms with Gasteiger partial charge in [-0.15, -0.1) is 6.58 Å². The molecule has 0 aliphatic carbocycles. The topological polar surface area (TPSA) is 217 Å². The van der Waals surface area contributed by atoms with Crippen LogP contribution in [0.25, 0.3) is 21.8 Å². The van der Waals surface area contributed by atoms with Crippen LogP contribution in [-0.4, -0.2) is 140 Å². The van der Waals surface area contributed by atoms with Crippen molar-refractivity contribution in [1.82, 2.24) is 50.5 Å². The Hall–Kier alpha value is -7.70. The van der Waals surface area contributed by atoms with Gasteiger partial charge in [0.15, 0.2) is 0 Å². The van der Waals surface area contributed by atoms with Gasteiger partial charge in [0.25, 0.3) is 0 Å². The maximum absolute atomic E-state index is 15.6. The lowest BCUT2D eigenvalue weighted by molar-refractivity contribution is -0.153. The number of piperidine rings is 1. The molecule has 2 saturated heterocycles. The average Bonchev–Trinajstić information content (AvgIpc) is 3.95. The summed E-state index contributed by atoms with van der Waals surface area (Å²) in [7, 11) is 2.98. The fraction of sp³-hybridized carbons (Fsp3) is 0.475. The van der Waals surface area contributed by atoms with Gasteiger partial charge in [0, 0.05) is 68.6 Å². The number of aromatic nitrogens is 3. The fourth-order valence-corrected chi connectivity index (χ4v) is 10.5. The molecule has 18 nitrogen and oxygen atoms in total. The van der Waals surface area contributed by atoms with E-state index in [9.17, 15) is 23.6 Å². The molecule has 4 N–H and O–H groups in total. The van der Waals surface area contributed by atoms with Crippen LogP contribution in [0.3, 0.4) is 0 Å². The second-order valence-corrected chi connectivity index (χ2v) is 22.1. The quantitative estimate of drug-likeness (QED) is 0.102. The fourth-order valence-electron chi connectivity index (χ4n) is 10.5. The molecule has 7 rings (SSSR count). The van der Waals surface area contributed by atoms with Crippen molar-refractivity contribution in [3.05, 3.63) is 115 Å². The van der Waals surface area contributed by atoms with Gasteiger partial charge in [0.2, 0.25) is 48.2 Å². The Kier molecular flexibility index (Phi) is 18.7. The molecule has 5 aromatic rings. The van der Waals surface area contributed by atoms with E-state index < -0.39 is 96.0 Å². The Labute approximate surface area is 455 Å². The number of rotatable bonds is 14. The number of hydrogen-bond acceptors (Lipinski definition) is 10. The molecule has 2 aromatic heterocycles. The first kappa shape index (κ1) is 58.0. The van der Waals surface area contributed by atoms with Gasteiger partial charge < -0.3 is 45.3 Å². The molecule has 2 fully saturated rings. The van der Waals surface area contributed by atoms with E-state index in [1.807, 2.05) is 108 Å². The van der Waals surface area contributed by atoms with Crippen LogP contribution in [0, 0.1) is 11.8 Å². The molecule has 2 bridgehead atoms. The average molecular weight is 1070 g/mol. The van der Waals surface area contributed by atoms with Crippen LogP contribution >= 0.6 is 0 Å². The van der Waals surface area contributed by atoms with Crippen LogP contribution in [0.1, 0.15) is 90.8 Å². The number of carbonyl (C=O) groups is 7. The highest BCUT2D eigenvalue weighted by atomic mass is 19.1. The number of hydrogen-bond donors (Lipinski definition) is 4. The Balaban J connectivity index is 1.35. The summed E-state index contributed by atoms with van der Waals surface area (Å²) in [4.78, 5) is 117. The number of amides is 7. The minimum atomic E-state index is -1.33. The lowest BCUT2D eigenvalue weighted by Gasteiger charge is -2.41. The highest BCUT2D eigenvalue weighted by molar-refractivity contribution is 5.99. The summed E-state index contributed by atoms with van der Waals surface area (Å²) in [5, 5.41) is 13.1. The number of ether oxygens (including phenoxy) is 1. The number of alkyl halides is 1. The second-order valence-electron chi connectivity index (χ2n) is 22.1. The maximum atomic E-state index is 15.6. The second kappa shape index (κ2) is 25.2. The van der Waals surface area contributed by atoms with Crippen molar-refractivity contribution in [3.8, 4) is 6.01 Å². The zero-order chi connectivity index (χ0) is 56.6. The van der Waals surface area contributed by atoms with Gasteiger partial charge in [0.1, 0.15) is 42.3 Å². The highest BCUT2D eigenvalue weighted by Crippen LogP contribution is 2.30. The van der Waals surface area contributed by atoms with E-state index in [-0.39, 0.29) is 56.5 Å². The molecular weight excluding hydrogens is 996 g/mol. The van der Waals surface area contributed by atoms with E-state index in [1.54, 1.807) is 18.2 Å². The molecule has 0 unspecified atom stereocenters. The largest absolute Gasteiger partial charge is 0.431 e. The van der Waals surface area contributed by atoms with E-state index in [4.69, 9.17) is 4.74 Å². The number of likely N-dealkylation sites (N-methyl/N-ethyl adjacent to an activating group) is 2. The molecule has 0 radical (unpaired) electrons. The smallest absolute Gasteiger partial charge is 0.319 e. The molecule has 19 heteroatoms. The van der Waals surface area contributed by atoms with Crippen LogP contribution < -0.4 is 26.0 Å². The van der Waals surface area contributed by atoms with Crippen LogP contribution in [-0.2, 0) is 58.4 Å². The number of halogens is 1. The van der Waals surface area contributed by atoms with E-state index in [2.05, 4.69) is 42.4 Å². The number of para-hydroxylation sites is 1. The summed E-state index contributed by atoms with van der Waals surface area (Å²) in [5.41, 5.74) is 2.75. The minimum Gasteiger partial charge on any atom is -0.431 e. The molecule has 0 spiro atoms. The van der Waals surface area contributed by atoms with Gasteiger partial charge in [-0.25, -0.2) is 9.37 Å². The van der Waals surface area contributed by atoms with E-state index in [0.717, 1.165) is 22.0 Å².